The van der Waals surface area contributed by atoms with Crippen molar-refractivity contribution in [2.24, 2.45) is 0 Å². The number of hydrogen-bond donors (Lipinski definition) is 2. The summed E-state index contributed by atoms with van der Waals surface area (Å²) in [4.78, 5) is 0. The quantitative estimate of drug-likeness (QED) is 0.866. The van der Waals surface area contributed by atoms with Gasteiger partial charge in [0.25, 0.3) is 0 Å². The summed E-state index contributed by atoms with van der Waals surface area (Å²) in [5, 5.41) is 14.0. The summed E-state index contributed by atoms with van der Waals surface area (Å²) in [7, 11) is 0. The summed E-state index contributed by atoms with van der Waals surface area (Å²) in [6, 6.07) is 18.1. The van der Waals surface area contributed by atoms with Gasteiger partial charge in [-0.2, -0.15) is 0 Å². The topological polar surface area (TPSA) is 32.3 Å². The highest BCUT2D eigenvalue weighted by Crippen LogP contribution is 2.22. The lowest BCUT2D eigenvalue weighted by molar-refractivity contribution is 0.0543. The van der Waals surface area contributed by atoms with Gasteiger partial charge in [0.2, 0.25) is 0 Å². The predicted octanol–water partition coefficient (Wildman–Crippen LogP) is 4.01. The molecule has 0 saturated carbocycles. The van der Waals surface area contributed by atoms with Crippen LogP contribution < -0.4 is 5.32 Å². The molecule has 0 aliphatic heterocycles. The second-order valence-corrected chi connectivity index (χ2v) is 6.21. The Bertz CT molecular complexity index is 554. The van der Waals surface area contributed by atoms with Crippen molar-refractivity contribution >= 4 is 15.9 Å². The molecular formula is C17H20BrNO. The Kier molecular flexibility index (Phi) is 4.97. The van der Waals surface area contributed by atoms with Crippen molar-refractivity contribution in [3.8, 4) is 0 Å². The Balaban J connectivity index is 2.01. The van der Waals surface area contributed by atoms with E-state index < -0.39 is 5.60 Å². The van der Waals surface area contributed by atoms with Crippen molar-refractivity contribution in [3.05, 3.63) is 70.2 Å². The van der Waals surface area contributed by atoms with Crippen molar-refractivity contribution in [1.29, 1.82) is 0 Å². The molecule has 2 nitrogen and oxygen atoms in total. The van der Waals surface area contributed by atoms with E-state index in [2.05, 4.69) is 40.3 Å². The molecule has 2 aromatic carbocycles. The molecule has 3 heteroatoms. The third-order valence-electron chi connectivity index (χ3n) is 3.50. The van der Waals surface area contributed by atoms with Crippen LogP contribution in [0.3, 0.4) is 0 Å². The Morgan fingerprint density at radius 1 is 1.15 bits per heavy atom. The highest BCUT2D eigenvalue weighted by Gasteiger charge is 2.23. The van der Waals surface area contributed by atoms with E-state index in [0.29, 0.717) is 6.54 Å². The summed E-state index contributed by atoms with van der Waals surface area (Å²) >= 11 is 3.48. The van der Waals surface area contributed by atoms with Gasteiger partial charge < -0.3 is 10.4 Å². The maximum absolute atomic E-state index is 10.6. The SMILES string of the molecule is C[C@@H](NCC(C)(O)c1ccccc1)c1cccc(Br)c1. The molecule has 0 amide bonds. The van der Waals surface area contributed by atoms with Gasteiger partial charge in [-0.15, -0.1) is 0 Å². The average Bonchev–Trinajstić information content (AvgIpc) is 2.46. The number of benzene rings is 2. The van der Waals surface area contributed by atoms with E-state index in [0.717, 1.165) is 10.0 Å². The molecular weight excluding hydrogens is 314 g/mol. The second-order valence-electron chi connectivity index (χ2n) is 5.30. The first-order chi connectivity index (χ1) is 9.49. The van der Waals surface area contributed by atoms with E-state index in [1.165, 1.54) is 5.56 Å². The first kappa shape index (κ1) is 15.2. The summed E-state index contributed by atoms with van der Waals surface area (Å²) in [5.74, 6) is 0. The van der Waals surface area contributed by atoms with Gasteiger partial charge in [0, 0.05) is 17.1 Å². The molecule has 106 valence electrons. The lowest BCUT2D eigenvalue weighted by Crippen LogP contribution is -2.36. The van der Waals surface area contributed by atoms with Crippen molar-refractivity contribution in [3.63, 3.8) is 0 Å². The minimum Gasteiger partial charge on any atom is -0.384 e. The summed E-state index contributed by atoms with van der Waals surface area (Å²) < 4.78 is 1.07. The van der Waals surface area contributed by atoms with Crippen LogP contribution in [-0.4, -0.2) is 11.7 Å². The summed E-state index contributed by atoms with van der Waals surface area (Å²) in [6.07, 6.45) is 0. The zero-order valence-electron chi connectivity index (χ0n) is 11.8. The van der Waals surface area contributed by atoms with Crippen LogP contribution in [0.15, 0.2) is 59.1 Å². The van der Waals surface area contributed by atoms with Gasteiger partial charge in [0.15, 0.2) is 0 Å². The molecule has 0 bridgehead atoms. The molecule has 0 spiro atoms. The van der Waals surface area contributed by atoms with Gasteiger partial charge in [0.1, 0.15) is 0 Å². The molecule has 2 atom stereocenters. The van der Waals surface area contributed by atoms with Gasteiger partial charge in [0.05, 0.1) is 5.60 Å². The van der Waals surface area contributed by atoms with Crippen molar-refractivity contribution in [1.82, 2.24) is 5.32 Å². The highest BCUT2D eigenvalue weighted by molar-refractivity contribution is 9.10. The van der Waals surface area contributed by atoms with Crippen LogP contribution in [0, 0.1) is 0 Å². The van der Waals surface area contributed by atoms with Gasteiger partial charge in [-0.3, -0.25) is 0 Å². The normalized spacial score (nSPS) is 15.6. The number of aliphatic hydroxyl groups is 1. The Labute approximate surface area is 129 Å². The van der Waals surface area contributed by atoms with Crippen LogP contribution >= 0.6 is 15.9 Å². The zero-order chi connectivity index (χ0) is 14.6. The van der Waals surface area contributed by atoms with Crippen LogP contribution in [-0.2, 0) is 5.60 Å². The van der Waals surface area contributed by atoms with E-state index in [9.17, 15) is 5.11 Å². The van der Waals surface area contributed by atoms with Crippen molar-refractivity contribution in [2.75, 3.05) is 6.54 Å². The summed E-state index contributed by atoms with van der Waals surface area (Å²) in [6.45, 7) is 4.44. The molecule has 0 aliphatic rings. The maximum Gasteiger partial charge on any atom is 0.0992 e. The van der Waals surface area contributed by atoms with Gasteiger partial charge in [-0.25, -0.2) is 0 Å². The summed E-state index contributed by atoms with van der Waals surface area (Å²) in [5.41, 5.74) is 1.25. The fourth-order valence-corrected chi connectivity index (χ4v) is 2.56. The molecule has 0 saturated heterocycles. The molecule has 0 aromatic heterocycles. The maximum atomic E-state index is 10.6. The Hall–Kier alpha value is -1.16. The zero-order valence-corrected chi connectivity index (χ0v) is 13.4. The number of hydrogen-bond acceptors (Lipinski definition) is 2. The number of rotatable bonds is 5. The van der Waals surface area contributed by atoms with Gasteiger partial charge in [-0.1, -0.05) is 58.4 Å². The molecule has 2 N–H and O–H groups in total. The minimum absolute atomic E-state index is 0.183. The molecule has 0 fully saturated rings. The average molecular weight is 334 g/mol. The van der Waals surface area contributed by atoms with Gasteiger partial charge in [-0.05, 0) is 37.1 Å². The van der Waals surface area contributed by atoms with E-state index in [-0.39, 0.29) is 6.04 Å². The molecule has 20 heavy (non-hydrogen) atoms. The Morgan fingerprint density at radius 2 is 1.85 bits per heavy atom. The fraction of sp³-hybridized carbons (Fsp3) is 0.294. The van der Waals surface area contributed by atoms with Crippen molar-refractivity contribution in [2.45, 2.75) is 25.5 Å². The fourth-order valence-electron chi connectivity index (χ4n) is 2.14. The molecule has 0 heterocycles. The molecule has 1 unspecified atom stereocenters. The molecule has 0 radical (unpaired) electrons. The van der Waals surface area contributed by atoms with Crippen LogP contribution in [0.25, 0.3) is 0 Å². The number of halogens is 1. The van der Waals surface area contributed by atoms with E-state index in [1.807, 2.05) is 49.4 Å². The lowest BCUT2D eigenvalue weighted by atomic mass is 9.95. The van der Waals surface area contributed by atoms with Gasteiger partial charge >= 0.3 is 0 Å². The predicted molar refractivity (Wildman–Crippen MR) is 86.6 cm³/mol. The molecule has 0 aliphatic carbocycles. The number of nitrogens with one attached hydrogen (secondary N) is 1. The monoisotopic (exact) mass is 333 g/mol. The van der Waals surface area contributed by atoms with E-state index >= 15 is 0 Å². The minimum atomic E-state index is -0.873. The van der Waals surface area contributed by atoms with E-state index in [1.54, 1.807) is 0 Å². The smallest absolute Gasteiger partial charge is 0.0992 e. The highest BCUT2D eigenvalue weighted by atomic mass is 79.9. The van der Waals surface area contributed by atoms with Crippen molar-refractivity contribution < 1.29 is 5.11 Å². The molecule has 2 rings (SSSR count). The Morgan fingerprint density at radius 3 is 2.50 bits per heavy atom. The molecule has 2 aromatic rings. The third kappa shape index (κ3) is 3.92. The largest absolute Gasteiger partial charge is 0.384 e. The first-order valence-corrected chi connectivity index (χ1v) is 7.55. The second kappa shape index (κ2) is 6.53. The standard InChI is InChI=1S/C17H20BrNO/c1-13(14-7-6-10-16(18)11-14)19-12-17(2,20)15-8-4-3-5-9-15/h3-11,13,19-20H,12H2,1-2H3/t13-,17?/m1/s1. The third-order valence-corrected chi connectivity index (χ3v) is 3.99. The first-order valence-electron chi connectivity index (χ1n) is 6.76. The van der Waals surface area contributed by atoms with Crippen LogP contribution in [0.1, 0.15) is 31.0 Å². The lowest BCUT2D eigenvalue weighted by Gasteiger charge is -2.26. The van der Waals surface area contributed by atoms with Crippen LogP contribution in [0.4, 0.5) is 0 Å². The van der Waals surface area contributed by atoms with Crippen LogP contribution in [0.2, 0.25) is 0 Å². The van der Waals surface area contributed by atoms with Crippen LogP contribution in [0.5, 0.6) is 0 Å². The van der Waals surface area contributed by atoms with E-state index in [4.69, 9.17) is 0 Å².